The number of rotatable bonds is 7. The van der Waals surface area contributed by atoms with Gasteiger partial charge in [0.05, 0.1) is 17.7 Å². The van der Waals surface area contributed by atoms with E-state index < -0.39 is 5.97 Å². The minimum absolute atomic E-state index is 0.187. The molecule has 0 aliphatic carbocycles. The second-order valence-corrected chi connectivity index (χ2v) is 7.99. The molecule has 2 amide bonds. The Morgan fingerprint density at radius 1 is 1.03 bits per heavy atom. The molecule has 0 atom stereocenters. The number of carbonyl (C=O) groups excluding carboxylic acids is 3. The summed E-state index contributed by atoms with van der Waals surface area (Å²) in [7, 11) is 0. The van der Waals surface area contributed by atoms with Crippen LogP contribution in [0, 0.1) is 0 Å². The molecule has 30 heavy (non-hydrogen) atoms. The Hall–Kier alpha value is -3.03. The number of fused-ring (bicyclic) bond motifs is 1. The number of carbonyl (C=O) groups is 3. The minimum Gasteiger partial charge on any atom is -0.461 e. The van der Waals surface area contributed by atoms with Gasteiger partial charge in [-0.3, -0.25) is 14.5 Å². The maximum absolute atomic E-state index is 12.3. The number of unbranched alkanes of at least 4 members (excludes halogenated alkanes) is 1. The van der Waals surface area contributed by atoms with Crippen LogP contribution < -0.4 is 0 Å². The third-order valence-electron chi connectivity index (χ3n) is 4.67. The predicted octanol–water partition coefficient (Wildman–Crippen LogP) is 4.70. The van der Waals surface area contributed by atoms with E-state index in [4.69, 9.17) is 16.3 Å². The summed E-state index contributed by atoms with van der Waals surface area (Å²) in [6, 6.07) is 14.0. The van der Waals surface area contributed by atoms with E-state index >= 15 is 0 Å². The molecule has 1 aliphatic heterocycles. The van der Waals surface area contributed by atoms with Crippen molar-refractivity contribution < 1.29 is 19.1 Å². The molecule has 0 bridgehead atoms. The summed E-state index contributed by atoms with van der Waals surface area (Å²) in [5, 5.41) is 2.94. The van der Waals surface area contributed by atoms with E-state index in [1.807, 2.05) is 12.1 Å². The zero-order chi connectivity index (χ0) is 21.1. The summed E-state index contributed by atoms with van der Waals surface area (Å²) in [4.78, 5) is 42.4. The van der Waals surface area contributed by atoms with Gasteiger partial charge in [0.25, 0.3) is 11.8 Å². The number of nitrogens with zero attached hydrogens (tertiary/aromatic N) is 2. The molecule has 3 aromatic rings. The highest BCUT2D eigenvalue weighted by Gasteiger charge is 2.34. The molecule has 152 valence electrons. The summed E-state index contributed by atoms with van der Waals surface area (Å²) in [5.41, 5.74) is 1.96. The number of amides is 2. The molecular weight excluding hydrogens is 424 g/mol. The zero-order valence-corrected chi connectivity index (χ0v) is 17.4. The number of hydrogen-bond acceptors (Lipinski definition) is 6. The third-order valence-corrected chi connectivity index (χ3v) is 5.80. The van der Waals surface area contributed by atoms with Crippen LogP contribution in [-0.4, -0.2) is 40.8 Å². The SMILES string of the molecule is O=C(OCCCCN1C(=O)c2ccccc2C1=O)c1csc(-c2cccc(Cl)c2)n1. The Morgan fingerprint density at radius 3 is 2.47 bits per heavy atom. The molecular formula is C22H17ClN2O4S. The Balaban J connectivity index is 1.24. The molecule has 1 aliphatic rings. The van der Waals surface area contributed by atoms with Crippen molar-refractivity contribution in [1.82, 2.24) is 9.88 Å². The van der Waals surface area contributed by atoms with Crippen molar-refractivity contribution in [1.29, 1.82) is 0 Å². The lowest BCUT2D eigenvalue weighted by Gasteiger charge is -2.13. The first-order chi connectivity index (χ1) is 14.5. The molecule has 0 fully saturated rings. The van der Waals surface area contributed by atoms with Crippen LogP contribution in [0.1, 0.15) is 44.0 Å². The number of aromatic nitrogens is 1. The Kier molecular flexibility index (Phi) is 5.92. The molecule has 2 aromatic carbocycles. The van der Waals surface area contributed by atoms with Gasteiger partial charge in [-0.1, -0.05) is 35.9 Å². The number of thiazole rings is 1. The lowest BCUT2D eigenvalue weighted by atomic mass is 10.1. The van der Waals surface area contributed by atoms with Crippen LogP contribution in [0.2, 0.25) is 5.02 Å². The fourth-order valence-electron chi connectivity index (χ4n) is 3.17. The smallest absolute Gasteiger partial charge is 0.357 e. The zero-order valence-electron chi connectivity index (χ0n) is 15.8. The van der Waals surface area contributed by atoms with E-state index in [9.17, 15) is 14.4 Å². The molecule has 2 heterocycles. The van der Waals surface area contributed by atoms with Gasteiger partial charge in [0.1, 0.15) is 5.01 Å². The highest BCUT2D eigenvalue weighted by molar-refractivity contribution is 7.13. The molecule has 0 unspecified atom stereocenters. The van der Waals surface area contributed by atoms with Gasteiger partial charge < -0.3 is 4.74 Å². The number of ether oxygens (including phenoxy) is 1. The fourth-order valence-corrected chi connectivity index (χ4v) is 4.15. The van der Waals surface area contributed by atoms with Gasteiger partial charge in [0.2, 0.25) is 0 Å². The number of benzene rings is 2. The molecule has 0 saturated carbocycles. The van der Waals surface area contributed by atoms with Gasteiger partial charge >= 0.3 is 5.97 Å². The molecule has 1 aromatic heterocycles. The van der Waals surface area contributed by atoms with Crippen molar-refractivity contribution >= 4 is 40.7 Å². The summed E-state index contributed by atoms with van der Waals surface area (Å²) in [6.45, 7) is 0.478. The number of esters is 1. The Labute approximate surface area is 182 Å². The molecule has 0 N–H and O–H groups in total. The maximum Gasteiger partial charge on any atom is 0.357 e. The lowest BCUT2D eigenvalue weighted by molar-refractivity contribution is 0.0480. The molecule has 0 spiro atoms. The van der Waals surface area contributed by atoms with Crippen LogP contribution in [0.4, 0.5) is 0 Å². The average molecular weight is 441 g/mol. The van der Waals surface area contributed by atoms with Crippen LogP contribution in [0.15, 0.2) is 53.9 Å². The highest BCUT2D eigenvalue weighted by atomic mass is 35.5. The minimum atomic E-state index is -0.500. The van der Waals surface area contributed by atoms with Crippen LogP contribution in [0.25, 0.3) is 10.6 Å². The first-order valence-corrected chi connectivity index (χ1v) is 10.6. The van der Waals surface area contributed by atoms with Gasteiger partial charge in [-0.2, -0.15) is 0 Å². The standard InChI is InChI=1S/C22H17ClN2O4S/c23-15-7-5-6-14(12-15)19-24-18(13-30-19)22(28)29-11-4-3-10-25-20(26)16-8-1-2-9-17(16)21(25)27/h1-2,5-9,12-13H,3-4,10-11H2. The summed E-state index contributed by atoms with van der Waals surface area (Å²) < 4.78 is 5.27. The van der Waals surface area contributed by atoms with Gasteiger partial charge in [0.15, 0.2) is 5.69 Å². The van der Waals surface area contributed by atoms with Gasteiger partial charge in [-0.25, -0.2) is 9.78 Å². The Morgan fingerprint density at radius 2 is 1.77 bits per heavy atom. The fraction of sp³-hybridized carbons (Fsp3) is 0.182. The van der Waals surface area contributed by atoms with Gasteiger partial charge in [0, 0.05) is 22.5 Å². The molecule has 0 saturated heterocycles. The maximum atomic E-state index is 12.3. The van der Waals surface area contributed by atoms with E-state index in [2.05, 4.69) is 4.98 Å². The highest BCUT2D eigenvalue weighted by Crippen LogP contribution is 2.26. The quantitative estimate of drug-likeness (QED) is 0.302. The van der Waals surface area contributed by atoms with Crippen molar-refractivity contribution in [2.75, 3.05) is 13.2 Å². The topological polar surface area (TPSA) is 76.6 Å². The van der Waals surface area contributed by atoms with E-state index in [1.165, 1.54) is 16.2 Å². The molecule has 0 radical (unpaired) electrons. The van der Waals surface area contributed by atoms with Crippen molar-refractivity contribution in [2.45, 2.75) is 12.8 Å². The van der Waals surface area contributed by atoms with E-state index in [1.54, 1.807) is 41.8 Å². The van der Waals surface area contributed by atoms with Crippen LogP contribution in [0.5, 0.6) is 0 Å². The van der Waals surface area contributed by atoms with E-state index in [-0.39, 0.29) is 24.1 Å². The Bertz CT molecular complexity index is 1090. The first kappa shape index (κ1) is 20.3. The van der Waals surface area contributed by atoms with Crippen molar-refractivity contribution in [2.24, 2.45) is 0 Å². The first-order valence-electron chi connectivity index (χ1n) is 9.38. The summed E-state index contributed by atoms with van der Waals surface area (Å²) in [6.07, 6.45) is 1.08. The average Bonchev–Trinajstić information content (AvgIpc) is 3.33. The van der Waals surface area contributed by atoms with Crippen molar-refractivity contribution in [3.05, 3.63) is 75.8 Å². The van der Waals surface area contributed by atoms with E-state index in [0.717, 1.165) is 5.56 Å². The second kappa shape index (κ2) is 8.77. The molecule has 4 rings (SSSR count). The monoisotopic (exact) mass is 440 g/mol. The van der Waals surface area contributed by atoms with E-state index in [0.29, 0.717) is 40.5 Å². The van der Waals surface area contributed by atoms with Gasteiger partial charge in [-0.05, 0) is 37.1 Å². The van der Waals surface area contributed by atoms with Crippen LogP contribution in [-0.2, 0) is 4.74 Å². The molecule has 6 nitrogen and oxygen atoms in total. The lowest BCUT2D eigenvalue weighted by Crippen LogP contribution is -2.30. The second-order valence-electron chi connectivity index (χ2n) is 6.70. The molecule has 8 heteroatoms. The van der Waals surface area contributed by atoms with Gasteiger partial charge in [-0.15, -0.1) is 11.3 Å². The summed E-state index contributed by atoms with van der Waals surface area (Å²) in [5.74, 6) is -1.05. The van der Waals surface area contributed by atoms with Crippen LogP contribution >= 0.6 is 22.9 Å². The van der Waals surface area contributed by atoms with Crippen LogP contribution in [0.3, 0.4) is 0 Å². The third kappa shape index (κ3) is 4.13. The number of imide groups is 1. The predicted molar refractivity (Wildman–Crippen MR) is 114 cm³/mol. The van der Waals surface area contributed by atoms with Crippen molar-refractivity contribution in [3.63, 3.8) is 0 Å². The van der Waals surface area contributed by atoms with Crippen molar-refractivity contribution in [3.8, 4) is 10.6 Å². The number of halogens is 1. The number of hydrogen-bond donors (Lipinski definition) is 0. The largest absolute Gasteiger partial charge is 0.461 e. The normalized spacial score (nSPS) is 12.9. The summed E-state index contributed by atoms with van der Waals surface area (Å²) >= 11 is 7.34.